The van der Waals surface area contributed by atoms with Gasteiger partial charge in [-0.25, -0.2) is 9.98 Å². The molecule has 0 fully saturated rings. The molecule has 3 heteroatoms. The molecule has 180 valence electrons. The molecule has 3 aromatic rings. The van der Waals surface area contributed by atoms with E-state index in [4.69, 9.17) is 9.98 Å². The summed E-state index contributed by atoms with van der Waals surface area (Å²) in [5.41, 5.74) is 7.58. The molecule has 0 atom stereocenters. The molecular formula is C33H33N3. The predicted octanol–water partition coefficient (Wildman–Crippen LogP) is 7.88. The lowest BCUT2D eigenvalue weighted by atomic mass is 9.98. The maximum absolute atomic E-state index is 4.95. The second-order valence-corrected chi connectivity index (χ2v) is 8.40. The second-order valence-electron chi connectivity index (χ2n) is 8.40. The van der Waals surface area contributed by atoms with Gasteiger partial charge in [0.25, 0.3) is 0 Å². The Bertz CT molecular complexity index is 1320. The van der Waals surface area contributed by atoms with Crippen LogP contribution < -0.4 is 0 Å². The third-order valence-corrected chi connectivity index (χ3v) is 5.85. The Hall–Kier alpha value is -4.37. The molecular weight excluding hydrogens is 438 g/mol. The Labute approximate surface area is 215 Å². The highest BCUT2D eigenvalue weighted by Gasteiger charge is 2.09. The first-order chi connectivity index (χ1) is 17.5. The van der Waals surface area contributed by atoms with Crippen molar-refractivity contribution in [3.8, 4) is 0 Å². The van der Waals surface area contributed by atoms with Gasteiger partial charge < -0.3 is 0 Å². The first kappa shape index (κ1) is 26.2. The van der Waals surface area contributed by atoms with E-state index in [0.29, 0.717) is 18.2 Å². The average molecular weight is 472 g/mol. The average Bonchev–Trinajstić information content (AvgIpc) is 2.91. The Morgan fingerprint density at radius 3 is 2.11 bits per heavy atom. The first-order valence-corrected chi connectivity index (χ1v) is 12.0. The molecule has 0 radical (unpaired) electrons. The van der Waals surface area contributed by atoms with Gasteiger partial charge in [-0.3, -0.25) is 4.99 Å². The van der Waals surface area contributed by atoms with Crippen LogP contribution in [0.2, 0.25) is 0 Å². The lowest BCUT2D eigenvalue weighted by molar-refractivity contribution is 1.01. The fourth-order valence-corrected chi connectivity index (χ4v) is 3.75. The van der Waals surface area contributed by atoms with Crippen molar-refractivity contribution in [3.05, 3.63) is 155 Å². The molecule has 0 aliphatic heterocycles. The normalized spacial score (nSPS) is 12.6. The van der Waals surface area contributed by atoms with Gasteiger partial charge in [-0.1, -0.05) is 116 Å². The van der Waals surface area contributed by atoms with Gasteiger partial charge in [0.05, 0.1) is 6.54 Å². The largest absolute Gasteiger partial charge is 0.261 e. The van der Waals surface area contributed by atoms with Gasteiger partial charge in [0.15, 0.2) is 11.7 Å². The minimum atomic E-state index is 0.508. The van der Waals surface area contributed by atoms with Crippen LogP contribution in [0.1, 0.15) is 34.7 Å². The molecule has 0 saturated heterocycles. The van der Waals surface area contributed by atoms with E-state index in [2.05, 4.69) is 62.1 Å². The van der Waals surface area contributed by atoms with E-state index in [1.54, 1.807) is 6.08 Å². The summed E-state index contributed by atoms with van der Waals surface area (Å²) < 4.78 is 0. The van der Waals surface area contributed by atoms with Crippen LogP contribution in [-0.4, -0.2) is 18.4 Å². The molecule has 3 nitrogen and oxygen atoms in total. The van der Waals surface area contributed by atoms with Gasteiger partial charge >= 0.3 is 0 Å². The van der Waals surface area contributed by atoms with Crippen molar-refractivity contribution in [1.29, 1.82) is 0 Å². The van der Waals surface area contributed by atoms with Gasteiger partial charge in [-0.2, -0.15) is 0 Å². The molecule has 0 heterocycles. The van der Waals surface area contributed by atoms with Gasteiger partial charge in [-0.05, 0) is 54.8 Å². The molecule has 36 heavy (non-hydrogen) atoms. The monoisotopic (exact) mass is 471 g/mol. The van der Waals surface area contributed by atoms with Crippen molar-refractivity contribution in [2.75, 3.05) is 0 Å². The van der Waals surface area contributed by atoms with Crippen molar-refractivity contribution in [2.24, 2.45) is 15.0 Å². The number of nitrogens with zero attached hydrogens (tertiary/aromatic N) is 3. The van der Waals surface area contributed by atoms with Crippen molar-refractivity contribution < 1.29 is 0 Å². The van der Waals surface area contributed by atoms with E-state index in [1.807, 2.05) is 73.7 Å². The molecule has 0 aliphatic rings. The Balaban J connectivity index is 1.94. The summed E-state index contributed by atoms with van der Waals surface area (Å²) in [7, 11) is 0. The smallest absolute Gasteiger partial charge is 0.161 e. The fourth-order valence-electron chi connectivity index (χ4n) is 3.75. The molecule has 0 saturated carbocycles. The number of aliphatic imine (C=N–C) groups is 3. The number of aryl methyl sites for hydroxylation is 1. The number of amidine groups is 2. The van der Waals surface area contributed by atoms with Gasteiger partial charge in [-0.15, -0.1) is 0 Å². The summed E-state index contributed by atoms with van der Waals surface area (Å²) in [6, 6.07) is 26.2. The highest BCUT2D eigenvalue weighted by molar-refractivity contribution is 6.12. The summed E-state index contributed by atoms with van der Waals surface area (Å²) >= 11 is 0. The van der Waals surface area contributed by atoms with Crippen molar-refractivity contribution in [1.82, 2.24) is 0 Å². The molecule has 3 aromatic carbocycles. The molecule has 0 spiro atoms. The van der Waals surface area contributed by atoms with E-state index in [9.17, 15) is 0 Å². The maximum atomic E-state index is 4.95. The van der Waals surface area contributed by atoms with Crippen LogP contribution in [-0.2, 0) is 13.0 Å². The van der Waals surface area contributed by atoms with Crippen LogP contribution in [0.25, 0.3) is 0 Å². The van der Waals surface area contributed by atoms with Gasteiger partial charge in [0.2, 0.25) is 0 Å². The van der Waals surface area contributed by atoms with E-state index >= 15 is 0 Å². The minimum Gasteiger partial charge on any atom is -0.261 e. The Morgan fingerprint density at radius 1 is 0.861 bits per heavy atom. The summed E-state index contributed by atoms with van der Waals surface area (Å²) in [6.45, 7) is 16.3. The number of hydrogen-bond acceptors (Lipinski definition) is 1. The minimum absolute atomic E-state index is 0.508. The van der Waals surface area contributed by atoms with Crippen LogP contribution in [0.4, 0.5) is 0 Å². The SMILES string of the molecule is C=C/C=C(\C)C(=C)/C=C\Cc1c(C)cccc1CN=C(N=C(N=C)c1ccccc1)c1ccccc1. The number of allylic oxidation sites excluding steroid dienone is 6. The topological polar surface area (TPSA) is 37.1 Å². The quantitative estimate of drug-likeness (QED) is 0.173. The summed E-state index contributed by atoms with van der Waals surface area (Å²) in [5, 5.41) is 0. The van der Waals surface area contributed by atoms with Crippen molar-refractivity contribution in [2.45, 2.75) is 26.8 Å². The lowest BCUT2D eigenvalue weighted by Gasteiger charge is -2.11. The molecule has 0 bridgehead atoms. The molecule has 0 aliphatic carbocycles. The van der Waals surface area contributed by atoms with E-state index in [1.165, 1.54) is 16.7 Å². The van der Waals surface area contributed by atoms with Gasteiger partial charge in [0, 0.05) is 11.1 Å². The number of benzene rings is 3. The van der Waals surface area contributed by atoms with Crippen LogP contribution in [0.15, 0.2) is 142 Å². The molecule has 0 N–H and O–H groups in total. The fraction of sp³-hybridized carbons (Fsp3) is 0.121. The summed E-state index contributed by atoms with van der Waals surface area (Å²) in [6.07, 6.45) is 8.77. The van der Waals surface area contributed by atoms with Crippen LogP contribution in [0, 0.1) is 6.92 Å². The third-order valence-electron chi connectivity index (χ3n) is 5.85. The molecule has 0 unspecified atom stereocenters. The standard InChI is InChI=1S/C33H33N3/c1-6-15-25(2)26(3)16-14-23-31-27(4)17-13-22-30(31)24-35-33(29-20-11-8-12-21-29)36-32(34-5)28-18-9-7-10-19-28/h6-22H,1,3,5,23-24H2,2,4H3/b16-14-,25-15+,35-33?,36-32?. The number of rotatable bonds is 9. The zero-order valence-corrected chi connectivity index (χ0v) is 21.2. The zero-order chi connectivity index (χ0) is 25.8. The highest BCUT2D eigenvalue weighted by atomic mass is 15.0. The van der Waals surface area contributed by atoms with Gasteiger partial charge in [0.1, 0.15) is 0 Å². The second kappa shape index (κ2) is 13.5. The zero-order valence-electron chi connectivity index (χ0n) is 21.2. The van der Waals surface area contributed by atoms with E-state index < -0.39 is 0 Å². The van der Waals surface area contributed by atoms with Crippen molar-refractivity contribution in [3.63, 3.8) is 0 Å². The predicted molar refractivity (Wildman–Crippen MR) is 156 cm³/mol. The molecule has 0 amide bonds. The first-order valence-electron chi connectivity index (χ1n) is 12.0. The highest BCUT2D eigenvalue weighted by Crippen LogP contribution is 2.19. The van der Waals surface area contributed by atoms with Crippen LogP contribution in [0.3, 0.4) is 0 Å². The van der Waals surface area contributed by atoms with E-state index in [-0.39, 0.29) is 0 Å². The Morgan fingerprint density at radius 2 is 1.50 bits per heavy atom. The van der Waals surface area contributed by atoms with Crippen LogP contribution in [0.5, 0.6) is 0 Å². The van der Waals surface area contributed by atoms with Crippen molar-refractivity contribution >= 4 is 18.4 Å². The Kier molecular flexibility index (Phi) is 9.84. The van der Waals surface area contributed by atoms with E-state index in [0.717, 1.165) is 28.7 Å². The maximum Gasteiger partial charge on any atom is 0.161 e. The molecule has 3 rings (SSSR count). The number of hydrogen-bond donors (Lipinski definition) is 0. The summed E-state index contributed by atoms with van der Waals surface area (Å²) in [4.78, 5) is 14.0. The third kappa shape index (κ3) is 7.31. The van der Waals surface area contributed by atoms with Crippen LogP contribution >= 0.6 is 0 Å². The lowest BCUT2D eigenvalue weighted by Crippen LogP contribution is -2.06. The summed E-state index contributed by atoms with van der Waals surface area (Å²) in [5.74, 6) is 1.18. The molecule has 0 aromatic heterocycles.